The van der Waals surface area contributed by atoms with Gasteiger partial charge < -0.3 is 9.84 Å². The molecule has 0 aliphatic rings. The third-order valence-electron chi connectivity index (χ3n) is 3.47. The number of aromatic hydroxyl groups is 1. The van der Waals surface area contributed by atoms with Crippen LogP contribution in [-0.4, -0.2) is 26.7 Å². The summed E-state index contributed by atoms with van der Waals surface area (Å²) in [4.78, 5) is 11.8. The van der Waals surface area contributed by atoms with Crippen molar-refractivity contribution >= 4 is 0 Å². The fourth-order valence-electron chi connectivity index (χ4n) is 2.24. The smallest absolute Gasteiger partial charge is 0.166 e. The van der Waals surface area contributed by atoms with Crippen molar-refractivity contribution in [2.45, 2.75) is 45.4 Å². The minimum atomic E-state index is 0.117. The Balaban J connectivity index is 1.80. The van der Waals surface area contributed by atoms with E-state index in [2.05, 4.69) is 21.9 Å². The summed E-state index contributed by atoms with van der Waals surface area (Å²) < 4.78 is 5.67. The second kappa shape index (κ2) is 8.97. The van der Waals surface area contributed by atoms with Gasteiger partial charge in [-0.1, -0.05) is 39.0 Å². The molecule has 0 atom stereocenters. The first-order chi connectivity index (χ1) is 10.8. The van der Waals surface area contributed by atoms with Gasteiger partial charge in [0.1, 0.15) is 24.2 Å². The molecule has 1 aromatic heterocycles. The molecule has 1 aromatic carbocycles. The number of aromatic nitrogens is 3. The lowest BCUT2D eigenvalue weighted by atomic mass is 10.1. The van der Waals surface area contributed by atoms with Crippen LogP contribution < -0.4 is 4.74 Å². The summed E-state index contributed by atoms with van der Waals surface area (Å²) in [6.45, 7) is 2.90. The maximum Gasteiger partial charge on any atom is 0.166 e. The first kappa shape index (κ1) is 16.2. The van der Waals surface area contributed by atoms with Gasteiger partial charge in [0.05, 0.1) is 12.2 Å². The predicted octanol–water partition coefficient (Wildman–Crippen LogP) is 3.98. The first-order valence-electron chi connectivity index (χ1n) is 7.89. The molecule has 0 spiro atoms. The largest absolute Gasteiger partial charge is 0.507 e. The molecule has 2 aromatic rings. The van der Waals surface area contributed by atoms with Crippen LogP contribution in [0.15, 0.2) is 30.9 Å². The normalized spacial score (nSPS) is 10.6. The van der Waals surface area contributed by atoms with Crippen molar-refractivity contribution in [1.29, 1.82) is 0 Å². The maximum absolute atomic E-state index is 10.1. The number of benzene rings is 1. The topological polar surface area (TPSA) is 68.1 Å². The Morgan fingerprint density at radius 1 is 1.00 bits per heavy atom. The van der Waals surface area contributed by atoms with Crippen LogP contribution in [-0.2, 0) is 0 Å². The number of rotatable bonds is 9. The van der Waals surface area contributed by atoms with Gasteiger partial charge in [0.15, 0.2) is 5.82 Å². The highest BCUT2D eigenvalue weighted by molar-refractivity contribution is 5.64. The number of hydrogen-bond donors (Lipinski definition) is 1. The number of phenolic OH excluding ortho intramolecular Hbond substituents is 1. The number of unbranched alkanes of at least 4 members (excludes halogenated alkanes) is 5. The van der Waals surface area contributed by atoms with E-state index in [1.54, 1.807) is 12.1 Å². The zero-order chi connectivity index (χ0) is 15.6. The van der Waals surface area contributed by atoms with E-state index in [0.717, 1.165) is 6.42 Å². The number of phenols is 1. The van der Waals surface area contributed by atoms with Crippen LogP contribution in [0.25, 0.3) is 11.4 Å². The van der Waals surface area contributed by atoms with E-state index in [9.17, 15) is 5.11 Å². The van der Waals surface area contributed by atoms with Gasteiger partial charge in [-0.25, -0.2) is 15.0 Å². The molecular weight excluding hydrogens is 278 g/mol. The van der Waals surface area contributed by atoms with Crippen molar-refractivity contribution in [3.8, 4) is 22.9 Å². The SMILES string of the molecule is CCCCCCCCOc1ccc(-c2ncncn2)c(O)c1. The van der Waals surface area contributed by atoms with Crippen LogP contribution in [0.5, 0.6) is 11.5 Å². The Labute approximate surface area is 131 Å². The van der Waals surface area contributed by atoms with E-state index < -0.39 is 0 Å². The fraction of sp³-hybridized carbons (Fsp3) is 0.471. The Bertz CT molecular complexity index is 561. The molecule has 5 nitrogen and oxygen atoms in total. The summed E-state index contributed by atoms with van der Waals surface area (Å²) in [5.74, 6) is 1.24. The fourth-order valence-corrected chi connectivity index (χ4v) is 2.24. The van der Waals surface area contributed by atoms with Crippen LogP contribution in [0, 0.1) is 0 Å². The van der Waals surface area contributed by atoms with E-state index in [-0.39, 0.29) is 5.75 Å². The molecule has 0 amide bonds. The molecule has 0 aliphatic carbocycles. The Morgan fingerprint density at radius 2 is 1.73 bits per heavy atom. The monoisotopic (exact) mass is 301 g/mol. The minimum Gasteiger partial charge on any atom is -0.507 e. The van der Waals surface area contributed by atoms with Crippen molar-refractivity contribution in [2.75, 3.05) is 6.61 Å². The van der Waals surface area contributed by atoms with Crippen molar-refractivity contribution < 1.29 is 9.84 Å². The van der Waals surface area contributed by atoms with Gasteiger partial charge in [0, 0.05) is 6.07 Å². The average Bonchev–Trinajstić information content (AvgIpc) is 2.55. The molecule has 5 heteroatoms. The number of hydrogen-bond acceptors (Lipinski definition) is 5. The Kier molecular flexibility index (Phi) is 6.61. The summed E-state index contributed by atoms with van der Waals surface area (Å²) in [6.07, 6.45) is 10.2. The first-order valence-corrected chi connectivity index (χ1v) is 7.89. The molecule has 0 bridgehead atoms. The summed E-state index contributed by atoms with van der Waals surface area (Å²) >= 11 is 0. The van der Waals surface area contributed by atoms with Gasteiger partial charge in [-0.2, -0.15) is 0 Å². The van der Waals surface area contributed by atoms with Crippen LogP contribution >= 0.6 is 0 Å². The lowest BCUT2D eigenvalue weighted by molar-refractivity contribution is 0.303. The van der Waals surface area contributed by atoms with Gasteiger partial charge >= 0.3 is 0 Å². The van der Waals surface area contributed by atoms with E-state index in [4.69, 9.17) is 4.74 Å². The molecule has 22 heavy (non-hydrogen) atoms. The molecule has 1 N–H and O–H groups in total. The lowest BCUT2D eigenvalue weighted by Gasteiger charge is -2.08. The summed E-state index contributed by atoms with van der Waals surface area (Å²) in [5.41, 5.74) is 0.578. The molecule has 2 rings (SSSR count). The summed E-state index contributed by atoms with van der Waals surface area (Å²) in [6, 6.07) is 5.20. The van der Waals surface area contributed by atoms with Crippen molar-refractivity contribution in [1.82, 2.24) is 15.0 Å². The molecule has 0 saturated heterocycles. The van der Waals surface area contributed by atoms with Gasteiger partial charge in [0.2, 0.25) is 0 Å². The molecule has 0 fully saturated rings. The van der Waals surface area contributed by atoms with Crippen molar-refractivity contribution in [3.05, 3.63) is 30.9 Å². The zero-order valence-corrected chi connectivity index (χ0v) is 13.0. The van der Waals surface area contributed by atoms with Gasteiger partial charge in [0.25, 0.3) is 0 Å². The number of ether oxygens (including phenoxy) is 1. The van der Waals surface area contributed by atoms with Crippen molar-refractivity contribution in [2.24, 2.45) is 0 Å². The Hall–Kier alpha value is -2.17. The summed E-state index contributed by atoms with van der Waals surface area (Å²) in [7, 11) is 0. The minimum absolute atomic E-state index is 0.117. The molecule has 0 unspecified atom stereocenters. The van der Waals surface area contributed by atoms with E-state index in [1.165, 1.54) is 44.8 Å². The third-order valence-corrected chi connectivity index (χ3v) is 3.47. The van der Waals surface area contributed by atoms with E-state index in [0.29, 0.717) is 23.7 Å². The maximum atomic E-state index is 10.1. The quantitative estimate of drug-likeness (QED) is 0.709. The van der Waals surface area contributed by atoms with Crippen LogP contribution in [0.3, 0.4) is 0 Å². The highest BCUT2D eigenvalue weighted by Gasteiger charge is 2.08. The van der Waals surface area contributed by atoms with Gasteiger partial charge in [-0.05, 0) is 18.6 Å². The second-order valence-corrected chi connectivity index (χ2v) is 5.26. The highest BCUT2D eigenvalue weighted by Crippen LogP contribution is 2.30. The van der Waals surface area contributed by atoms with Crippen LogP contribution in [0.1, 0.15) is 45.4 Å². The van der Waals surface area contributed by atoms with Crippen LogP contribution in [0.4, 0.5) is 0 Å². The lowest BCUT2D eigenvalue weighted by Crippen LogP contribution is -1.97. The second-order valence-electron chi connectivity index (χ2n) is 5.26. The molecular formula is C17H23N3O2. The number of nitrogens with zero attached hydrogens (tertiary/aromatic N) is 3. The molecule has 0 radical (unpaired) electrons. The molecule has 0 aliphatic heterocycles. The van der Waals surface area contributed by atoms with Crippen molar-refractivity contribution in [3.63, 3.8) is 0 Å². The highest BCUT2D eigenvalue weighted by atomic mass is 16.5. The molecule has 0 saturated carbocycles. The third kappa shape index (κ3) is 4.98. The summed E-state index contributed by atoms with van der Waals surface area (Å²) in [5, 5.41) is 10.1. The van der Waals surface area contributed by atoms with Gasteiger partial charge in [-0.15, -0.1) is 0 Å². The van der Waals surface area contributed by atoms with E-state index >= 15 is 0 Å². The standard InChI is InChI=1S/C17H23N3O2/c1-2-3-4-5-6-7-10-22-14-8-9-15(16(21)11-14)17-19-12-18-13-20-17/h8-9,11-13,21H,2-7,10H2,1H3. The van der Waals surface area contributed by atoms with Gasteiger partial charge in [-0.3, -0.25) is 0 Å². The average molecular weight is 301 g/mol. The van der Waals surface area contributed by atoms with E-state index in [1.807, 2.05) is 6.07 Å². The molecule has 118 valence electrons. The molecule has 1 heterocycles. The van der Waals surface area contributed by atoms with Crippen LogP contribution in [0.2, 0.25) is 0 Å². The predicted molar refractivity (Wildman–Crippen MR) is 85.8 cm³/mol. The Morgan fingerprint density at radius 3 is 2.45 bits per heavy atom. The zero-order valence-electron chi connectivity index (χ0n) is 13.0.